The molecule has 4 N–H and O–H groups in total. The predicted octanol–water partition coefficient (Wildman–Crippen LogP) is 2.93. The van der Waals surface area contributed by atoms with Gasteiger partial charge in [0.15, 0.2) is 5.96 Å². The van der Waals surface area contributed by atoms with Gasteiger partial charge in [0.25, 0.3) is 0 Å². The van der Waals surface area contributed by atoms with Crippen LogP contribution in [0.5, 0.6) is 0 Å². The van der Waals surface area contributed by atoms with Crippen LogP contribution in [0.4, 0.5) is 5.69 Å². The van der Waals surface area contributed by atoms with Crippen LogP contribution in [-0.4, -0.2) is 27.5 Å². The van der Waals surface area contributed by atoms with Crippen molar-refractivity contribution in [1.82, 2.24) is 4.72 Å². The quantitative estimate of drug-likeness (QED) is 0.252. The third-order valence-electron chi connectivity index (χ3n) is 3.61. The number of nitrogens with two attached hydrogens (primary N) is 1. The predicted molar refractivity (Wildman–Crippen MR) is 118 cm³/mol. The molecule has 6 nitrogen and oxygen atoms in total. The topological polar surface area (TPSA) is 96.6 Å². The molecule has 0 aliphatic rings. The number of halogens is 1. The molecule has 0 spiro atoms. The number of anilines is 1. The number of benzene rings is 2. The van der Waals surface area contributed by atoms with Gasteiger partial charge in [0, 0.05) is 12.2 Å². The van der Waals surface area contributed by atoms with E-state index >= 15 is 0 Å². The van der Waals surface area contributed by atoms with Gasteiger partial charge in [-0.3, -0.25) is 4.99 Å². The first-order valence-electron chi connectivity index (χ1n) is 7.98. The Morgan fingerprint density at radius 3 is 2.46 bits per heavy atom. The Hall–Kier alpha value is -1.65. The highest BCUT2D eigenvalue weighted by atomic mass is 127. The molecule has 0 aromatic heterocycles. The lowest BCUT2D eigenvalue weighted by Crippen LogP contribution is -2.29. The lowest BCUT2D eigenvalue weighted by molar-refractivity contribution is 0.581. The van der Waals surface area contributed by atoms with Crippen LogP contribution in [0.25, 0.3) is 0 Å². The third-order valence-corrected chi connectivity index (χ3v) is 5.21. The molecule has 0 saturated carbocycles. The van der Waals surface area contributed by atoms with Gasteiger partial charge in [-0.15, -0.1) is 24.0 Å². The highest BCUT2D eigenvalue weighted by molar-refractivity contribution is 14.0. The van der Waals surface area contributed by atoms with E-state index in [1.165, 1.54) is 0 Å². The van der Waals surface area contributed by atoms with Gasteiger partial charge in [0.05, 0.1) is 11.4 Å². The molecule has 0 unspecified atom stereocenters. The molecule has 2 rings (SSSR count). The summed E-state index contributed by atoms with van der Waals surface area (Å²) in [6.45, 7) is 6.04. The second kappa shape index (κ2) is 9.89. The van der Waals surface area contributed by atoms with Gasteiger partial charge in [-0.25, -0.2) is 13.1 Å². The largest absolute Gasteiger partial charge is 0.370 e. The molecule has 142 valence electrons. The van der Waals surface area contributed by atoms with Crippen molar-refractivity contribution in [2.24, 2.45) is 10.7 Å². The van der Waals surface area contributed by atoms with Gasteiger partial charge >= 0.3 is 0 Å². The van der Waals surface area contributed by atoms with Crippen LogP contribution in [0, 0.1) is 20.8 Å². The SMILES string of the molecule is Cc1cccc(NC(N)=NCCNS(=O)(=O)c2cc(C)ccc2C)c1.I. The van der Waals surface area contributed by atoms with Gasteiger partial charge in [-0.2, -0.15) is 0 Å². The Morgan fingerprint density at radius 1 is 1.08 bits per heavy atom. The molecule has 2 aromatic carbocycles. The molecule has 0 saturated heterocycles. The van der Waals surface area contributed by atoms with Crippen molar-refractivity contribution in [1.29, 1.82) is 0 Å². The molecule has 0 amide bonds. The molecular formula is C18H25IN4O2S. The summed E-state index contributed by atoms with van der Waals surface area (Å²) in [4.78, 5) is 4.44. The number of rotatable bonds is 6. The van der Waals surface area contributed by atoms with Crippen LogP contribution < -0.4 is 15.8 Å². The first-order valence-corrected chi connectivity index (χ1v) is 9.47. The molecule has 26 heavy (non-hydrogen) atoms. The number of aryl methyl sites for hydroxylation is 3. The Labute approximate surface area is 172 Å². The molecule has 2 aromatic rings. The normalized spacial score (nSPS) is 11.7. The van der Waals surface area contributed by atoms with Crippen molar-refractivity contribution in [2.45, 2.75) is 25.7 Å². The smallest absolute Gasteiger partial charge is 0.240 e. The van der Waals surface area contributed by atoms with Crippen molar-refractivity contribution < 1.29 is 8.42 Å². The Balaban J connectivity index is 0.00000338. The van der Waals surface area contributed by atoms with Crippen LogP contribution in [0.3, 0.4) is 0 Å². The summed E-state index contributed by atoms with van der Waals surface area (Å²) in [5.74, 6) is 0.247. The summed E-state index contributed by atoms with van der Waals surface area (Å²) in [5.41, 5.74) is 9.39. The van der Waals surface area contributed by atoms with E-state index in [9.17, 15) is 8.42 Å². The Kier molecular flexibility index (Phi) is 8.51. The molecule has 0 bridgehead atoms. The highest BCUT2D eigenvalue weighted by Crippen LogP contribution is 2.16. The van der Waals surface area contributed by atoms with E-state index in [0.29, 0.717) is 10.5 Å². The van der Waals surface area contributed by atoms with Crippen molar-refractivity contribution in [3.63, 3.8) is 0 Å². The molecule has 0 radical (unpaired) electrons. The zero-order valence-electron chi connectivity index (χ0n) is 15.1. The molecule has 0 fully saturated rings. The van der Waals surface area contributed by atoms with Crippen molar-refractivity contribution in [2.75, 3.05) is 18.4 Å². The molecular weight excluding hydrogens is 463 g/mol. The van der Waals surface area contributed by atoms with Gasteiger partial charge < -0.3 is 11.1 Å². The van der Waals surface area contributed by atoms with Crippen molar-refractivity contribution in [3.8, 4) is 0 Å². The van der Waals surface area contributed by atoms with Crippen LogP contribution >= 0.6 is 24.0 Å². The average molecular weight is 488 g/mol. The minimum atomic E-state index is -3.56. The van der Waals surface area contributed by atoms with E-state index in [1.54, 1.807) is 19.1 Å². The number of hydrogen-bond donors (Lipinski definition) is 3. The maximum absolute atomic E-state index is 12.4. The van der Waals surface area contributed by atoms with Gasteiger partial charge in [0.2, 0.25) is 10.0 Å². The zero-order chi connectivity index (χ0) is 18.4. The van der Waals surface area contributed by atoms with Crippen LogP contribution in [0.2, 0.25) is 0 Å². The number of guanidine groups is 1. The fraction of sp³-hybridized carbons (Fsp3) is 0.278. The molecule has 8 heteroatoms. The summed E-state index contributed by atoms with van der Waals surface area (Å²) < 4.78 is 27.3. The number of sulfonamides is 1. The second-order valence-electron chi connectivity index (χ2n) is 5.93. The fourth-order valence-corrected chi connectivity index (χ4v) is 3.69. The van der Waals surface area contributed by atoms with E-state index in [4.69, 9.17) is 5.73 Å². The maximum Gasteiger partial charge on any atom is 0.240 e. The molecule has 0 aliphatic heterocycles. The number of nitrogens with zero attached hydrogens (tertiary/aromatic N) is 1. The molecule has 0 aliphatic carbocycles. The summed E-state index contributed by atoms with van der Waals surface area (Å²) >= 11 is 0. The standard InChI is InChI=1S/C18H24N4O2S.HI/c1-13-5-4-6-16(11-13)22-18(19)20-9-10-21-25(23,24)17-12-14(2)7-8-15(17)3;/h4-8,11-12,21H,9-10H2,1-3H3,(H3,19,20,22);1H. The van der Waals surface area contributed by atoms with Crippen LogP contribution in [-0.2, 0) is 10.0 Å². The summed E-state index contributed by atoms with van der Waals surface area (Å²) in [5, 5.41) is 2.98. The lowest BCUT2D eigenvalue weighted by atomic mass is 10.2. The fourth-order valence-electron chi connectivity index (χ4n) is 2.34. The third kappa shape index (κ3) is 6.58. The summed E-state index contributed by atoms with van der Waals surface area (Å²) in [6, 6.07) is 13.1. The first kappa shape index (κ1) is 22.4. The second-order valence-corrected chi connectivity index (χ2v) is 7.66. The Bertz CT molecular complexity index is 883. The van der Waals surface area contributed by atoms with Gasteiger partial charge in [-0.05, 0) is 55.7 Å². The van der Waals surface area contributed by atoms with Crippen molar-refractivity contribution in [3.05, 3.63) is 59.2 Å². The zero-order valence-corrected chi connectivity index (χ0v) is 18.3. The van der Waals surface area contributed by atoms with Gasteiger partial charge in [0.1, 0.15) is 0 Å². The van der Waals surface area contributed by atoms with E-state index in [-0.39, 0.29) is 43.0 Å². The van der Waals surface area contributed by atoms with Crippen LogP contribution in [0.1, 0.15) is 16.7 Å². The summed E-state index contributed by atoms with van der Waals surface area (Å²) in [7, 11) is -3.56. The molecule has 0 atom stereocenters. The van der Waals surface area contributed by atoms with E-state index in [0.717, 1.165) is 16.8 Å². The highest BCUT2D eigenvalue weighted by Gasteiger charge is 2.16. The lowest BCUT2D eigenvalue weighted by Gasteiger charge is -2.10. The minimum absolute atomic E-state index is 0. The number of nitrogens with one attached hydrogen (secondary N) is 2. The van der Waals surface area contributed by atoms with Crippen LogP contribution in [0.15, 0.2) is 52.4 Å². The van der Waals surface area contributed by atoms with E-state index in [2.05, 4.69) is 15.0 Å². The van der Waals surface area contributed by atoms with Gasteiger partial charge in [-0.1, -0.05) is 24.3 Å². The average Bonchev–Trinajstić information content (AvgIpc) is 2.54. The number of aliphatic imine (C=N–C) groups is 1. The molecule has 0 heterocycles. The minimum Gasteiger partial charge on any atom is -0.370 e. The summed E-state index contributed by atoms with van der Waals surface area (Å²) in [6.07, 6.45) is 0. The number of hydrogen-bond acceptors (Lipinski definition) is 3. The Morgan fingerprint density at radius 2 is 1.77 bits per heavy atom. The monoisotopic (exact) mass is 488 g/mol. The maximum atomic E-state index is 12.4. The van der Waals surface area contributed by atoms with Crippen molar-refractivity contribution >= 4 is 45.6 Å². The van der Waals surface area contributed by atoms with E-state index < -0.39 is 10.0 Å². The van der Waals surface area contributed by atoms with E-state index in [1.807, 2.05) is 44.2 Å². The first-order chi connectivity index (χ1) is 11.8.